The molecule has 4 rings (SSSR count). The molecule has 2 aliphatic rings. The van der Waals surface area contributed by atoms with Crippen molar-refractivity contribution in [3.63, 3.8) is 0 Å². The van der Waals surface area contributed by atoms with E-state index in [0.717, 1.165) is 30.1 Å². The van der Waals surface area contributed by atoms with Gasteiger partial charge in [-0.25, -0.2) is 0 Å². The molecular weight excluding hydrogens is 354 g/mol. The van der Waals surface area contributed by atoms with E-state index >= 15 is 0 Å². The van der Waals surface area contributed by atoms with Crippen molar-refractivity contribution >= 4 is 17.5 Å². The van der Waals surface area contributed by atoms with Gasteiger partial charge in [0, 0.05) is 43.2 Å². The Morgan fingerprint density at radius 1 is 1.23 bits per heavy atom. The van der Waals surface area contributed by atoms with Gasteiger partial charge in [-0.3, -0.25) is 9.69 Å². The van der Waals surface area contributed by atoms with Gasteiger partial charge in [0.25, 0.3) is 0 Å². The fourth-order valence-corrected chi connectivity index (χ4v) is 3.85. The monoisotopic (exact) mass is 375 g/mol. The summed E-state index contributed by atoms with van der Waals surface area (Å²) in [6.45, 7) is 3.01. The second-order valence-electron chi connectivity index (χ2n) is 6.93. The number of ether oxygens (including phenoxy) is 1. The van der Waals surface area contributed by atoms with Crippen LogP contribution in [0.3, 0.4) is 0 Å². The van der Waals surface area contributed by atoms with E-state index in [1.54, 1.807) is 12.7 Å². The number of aryl methyl sites for hydroxylation is 1. The highest BCUT2D eigenvalue weighted by Gasteiger charge is 2.38. The van der Waals surface area contributed by atoms with Crippen molar-refractivity contribution in [2.75, 3.05) is 19.7 Å². The standard InChI is InChI=1S/C18H22ClN5O2/c19-14-3-1-13(2-4-14)17-9-24-8-15(7-16(24)10-26-17)22-18(25)5-6-23-11-20-21-12-23/h1-4,11-12,15-17H,5-10H2,(H,22,25)/t15-,16-,17+/m0/s1. The number of nitrogens with zero attached hydrogens (tertiary/aromatic N) is 4. The molecule has 3 atom stereocenters. The number of carbonyl (C=O) groups is 1. The van der Waals surface area contributed by atoms with Crippen molar-refractivity contribution in [2.45, 2.75) is 37.6 Å². The molecule has 3 heterocycles. The average Bonchev–Trinajstić information content (AvgIpc) is 3.29. The number of nitrogens with one attached hydrogen (secondary N) is 1. The Bertz CT molecular complexity index is 737. The highest BCUT2D eigenvalue weighted by molar-refractivity contribution is 6.30. The molecule has 0 bridgehead atoms. The lowest BCUT2D eigenvalue weighted by Gasteiger charge is -2.35. The van der Waals surface area contributed by atoms with E-state index in [-0.39, 0.29) is 18.1 Å². The van der Waals surface area contributed by atoms with Gasteiger partial charge >= 0.3 is 0 Å². The van der Waals surface area contributed by atoms with Crippen LogP contribution in [0.2, 0.25) is 5.02 Å². The van der Waals surface area contributed by atoms with E-state index in [9.17, 15) is 4.79 Å². The lowest BCUT2D eigenvalue weighted by molar-refractivity contribution is -0.121. The van der Waals surface area contributed by atoms with Crippen LogP contribution >= 0.6 is 11.6 Å². The van der Waals surface area contributed by atoms with Crippen LogP contribution in [0, 0.1) is 0 Å². The molecule has 1 aromatic heterocycles. The lowest BCUT2D eigenvalue weighted by atomic mass is 10.1. The molecule has 0 saturated carbocycles. The Morgan fingerprint density at radius 3 is 2.77 bits per heavy atom. The fraction of sp³-hybridized carbons (Fsp3) is 0.500. The number of fused-ring (bicyclic) bond motifs is 1. The normalized spacial score (nSPS) is 25.8. The van der Waals surface area contributed by atoms with Gasteiger partial charge in [-0.1, -0.05) is 23.7 Å². The van der Waals surface area contributed by atoms with Gasteiger partial charge in [-0.05, 0) is 24.1 Å². The predicted molar refractivity (Wildman–Crippen MR) is 96.7 cm³/mol. The zero-order valence-corrected chi connectivity index (χ0v) is 15.2. The summed E-state index contributed by atoms with van der Waals surface area (Å²) in [7, 11) is 0. The van der Waals surface area contributed by atoms with Crippen LogP contribution in [0.5, 0.6) is 0 Å². The van der Waals surface area contributed by atoms with Crippen molar-refractivity contribution in [1.29, 1.82) is 0 Å². The number of rotatable bonds is 5. The molecule has 2 aliphatic heterocycles. The summed E-state index contributed by atoms with van der Waals surface area (Å²) >= 11 is 5.97. The first-order valence-electron chi connectivity index (χ1n) is 8.90. The molecule has 2 saturated heterocycles. The number of amides is 1. The maximum absolute atomic E-state index is 12.2. The maximum Gasteiger partial charge on any atom is 0.222 e. The summed E-state index contributed by atoms with van der Waals surface area (Å²) in [5.41, 5.74) is 1.15. The molecule has 0 unspecified atom stereocenters. The number of halogens is 1. The van der Waals surface area contributed by atoms with Crippen molar-refractivity contribution in [3.05, 3.63) is 47.5 Å². The van der Waals surface area contributed by atoms with Crippen LogP contribution in [0.4, 0.5) is 0 Å². The molecule has 1 amide bonds. The third kappa shape index (κ3) is 4.06. The molecule has 7 nitrogen and oxygen atoms in total. The van der Waals surface area contributed by atoms with Crippen molar-refractivity contribution in [2.24, 2.45) is 0 Å². The van der Waals surface area contributed by atoms with Crippen molar-refractivity contribution < 1.29 is 9.53 Å². The third-order valence-electron chi connectivity index (χ3n) is 5.09. The van der Waals surface area contributed by atoms with Gasteiger partial charge in [-0.15, -0.1) is 10.2 Å². The van der Waals surface area contributed by atoms with Crippen LogP contribution in [-0.4, -0.2) is 57.4 Å². The lowest BCUT2D eigenvalue weighted by Crippen LogP contribution is -2.43. The number of hydrogen-bond donors (Lipinski definition) is 1. The van der Waals surface area contributed by atoms with Gasteiger partial charge in [0.05, 0.1) is 12.7 Å². The van der Waals surface area contributed by atoms with E-state index in [1.807, 2.05) is 28.8 Å². The molecular formula is C18H22ClN5O2. The first kappa shape index (κ1) is 17.5. The second kappa shape index (κ2) is 7.73. The van der Waals surface area contributed by atoms with Crippen LogP contribution in [0.15, 0.2) is 36.9 Å². The molecule has 138 valence electrons. The number of carbonyl (C=O) groups excluding carboxylic acids is 1. The highest BCUT2D eigenvalue weighted by atomic mass is 35.5. The van der Waals surface area contributed by atoms with Gasteiger partial charge in [0.15, 0.2) is 0 Å². The van der Waals surface area contributed by atoms with E-state index in [4.69, 9.17) is 16.3 Å². The van der Waals surface area contributed by atoms with Crippen LogP contribution in [-0.2, 0) is 16.1 Å². The average molecular weight is 376 g/mol. The summed E-state index contributed by atoms with van der Waals surface area (Å²) in [6.07, 6.45) is 4.68. The van der Waals surface area contributed by atoms with E-state index in [0.29, 0.717) is 25.6 Å². The minimum atomic E-state index is 0.0618. The Morgan fingerprint density at radius 2 is 2.00 bits per heavy atom. The van der Waals surface area contributed by atoms with E-state index in [2.05, 4.69) is 20.4 Å². The Labute approximate surface area is 157 Å². The third-order valence-corrected chi connectivity index (χ3v) is 5.34. The van der Waals surface area contributed by atoms with E-state index < -0.39 is 0 Å². The zero-order valence-electron chi connectivity index (χ0n) is 14.4. The molecule has 0 spiro atoms. The van der Waals surface area contributed by atoms with Gasteiger partial charge in [0.2, 0.25) is 5.91 Å². The van der Waals surface area contributed by atoms with Crippen molar-refractivity contribution in [1.82, 2.24) is 25.0 Å². The fourth-order valence-electron chi connectivity index (χ4n) is 3.73. The van der Waals surface area contributed by atoms with Crippen LogP contribution < -0.4 is 5.32 Å². The maximum atomic E-state index is 12.2. The summed E-state index contributed by atoms with van der Waals surface area (Å²) < 4.78 is 7.86. The van der Waals surface area contributed by atoms with Crippen LogP contribution in [0.1, 0.15) is 24.5 Å². The summed E-state index contributed by atoms with van der Waals surface area (Å²) in [5, 5.41) is 11.4. The predicted octanol–water partition coefficient (Wildman–Crippen LogP) is 1.65. The summed E-state index contributed by atoms with van der Waals surface area (Å²) in [4.78, 5) is 14.6. The van der Waals surface area contributed by atoms with Gasteiger partial charge in [0.1, 0.15) is 12.7 Å². The number of morpholine rings is 1. The first-order chi connectivity index (χ1) is 12.7. The summed E-state index contributed by atoms with van der Waals surface area (Å²) in [6, 6.07) is 8.40. The molecule has 8 heteroatoms. The molecule has 0 radical (unpaired) electrons. The highest BCUT2D eigenvalue weighted by Crippen LogP contribution is 2.30. The Hall–Kier alpha value is -1.96. The zero-order chi connectivity index (χ0) is 17.9. The van der Waals surface area contributed by atoms with Crippen molar-refractivity contribution in [3.8, 4) is 0 Å². The van der Waals surface area contributed by atoms with Crippen LogP contribution in [0.25, 0.3) is 0 Å². The summed E-state index contributed by atoms with van der Waals surface area (Å²) in [5.74, 6) is 0.0683. The topological polar surface area (TPSA) is 72.3 Å². The molecule has 0 aliphatic carbocycles. The van der Waals surface area contributed by atoms with Gasteiger partial charge < -0.3 is 14.6 Å². The van der Waals surface area contributed by atoms with Gasteiger partial charge in [-0.2, -0.15) is 0 Å². The molecule has 2 fully saturated rings. The molecule has 2 aromatic rings. The largest absolute Gasteiger partial charge is 0.371 e. The minimum Gasteiger partial charge on any atom is -0.371 e. The Kier molecular flexibility index (Phi) is 5.19. The first-order valence-corrected chi connectivity index (χ1v) is 9.28. The SMILES string of the molecule is O=C(CCn1cnnc1)N[C@H]1C[C@H]2CO[C@@H](c3ccc(Cl)cc3)CN2C1. The molecule has 1 N–H and O–H groups in total. The molecule has 26 heavy (non-hydrogen) atoms. The van der Waals surface area contributed by atoms with E-state index in [1.165, 1.54) is 0 Å². The second-order valence-corrected chi connectivity index (χ2v) is 7.37. The number of benzene rings is 1. The number of hydrogen-bond acceptors (Lipinski definition) is 5. The molecule has 1 aromatic carbocycles. The smallest absolute Gasteiger partial charge is 0.222 e. The minimum absolute atomic E-state index is 0.0618. The quantitative estimate of drug-likeness (QED) is 0.860. The Balaban J connectivity index is 1.27. The number of aromatic nitrogens is 3.